The molecule has 1 N–H and O–H groups in total. The van der Waals surface area contributed by atoms with Crippen LogP contribution in [0.5, 0.6) is 5.75 Å². The van der Waals surface area contributed by atoms with Crippen LogP contribution < -0.4 is 0 Å². The Morgan fingerprint density at radius 2 is 2.15 bits per heavy atom. The molecule has 1 aliphatic rings. The summed E-state index contributed by atoms with van der Waals surface area (Å²) in [6.07, 6.45) is 5.06. The van der Waals surface area contributed by atoms with Crippen molar-refractivity contribution in [2.75, 3.05) is 0 Å². The van der Waals surface area contributed by atoms with E-state index < -0.39 is 5.82 Å². The summed E-state index contributed by atoms with van der Waals surface area (Å²) in [5, 5.41) is 9.16. The average Bonchev–Trinajstić information content (AvgIpc) is 2.62. The monoisotopic (exact) mass is 178 g/mol. The normalized spacial score (nSPS) is 15.9. The van der Waals surface area contributed by atoms with E-state index in [0.29, 0.717) is 5.56 Å². The van der Waals surface area contributed by atoms with Gasteiger partial charge in [-0.05, 0) is 30.9 Å². The molecule has 0 unspecified atom stereocenters. The van der Waals surface area contributed by atoms with Crippen molar-refractivity contribution >= 4 is 5.57 Å². The van der Waals surface area contributed by atoms with Crippen molar-refractivity contribution in [1.29, 1.82) is 0 Å². The summed E-state index contributed by atoms with van der Waals surface area (Å²) in [7, 11) is 0. The molecule has 2 rings (SSSR count). The van der Waals surface area contributed by atoms with Gasteiger partial charge in [-0.15, -0.1) is 0 Å². The summed E-state index contributed by atoms with van der Waals surface area (Å²) in [4.78, 5) is 0. The van der Waals surface area contributed by atoms with E-state index in [-0.39, 0.29) is 5.75 Å². The van der Waals surface area contributed by atoms with Gasteiger partial charge in [-0.25, -0.2) is 4.39 Å². The fourth-order valence-corrected chi connectivity index (χ4v) is 1.68. The SMILES string of the molecule is Oc1cccc(C2=CCCC2)c1F. The maximum atomic E-state index is 13.4. The molecule has 0 atom stereocenters. The summed E-state index contributed by atoms with van der Waals surface area (Å²) in [6.45, 7) is 0. The van der Waals surface area contributed by atoms with Crippen LogP contribution in [0.15, 0.2) is 24.3 Å². The first-order valence-electron chi connectivity index (χ1n) is 4.46. The predicted octanol–water partition coefficient (Wildman–Crippen LogP) is 3.10. The second kappa shape index (κ2) is 3.21. The number of phenols is 1. The van der Waals surface area contributed by atoms with Crippen molar-refractivity contribution in [2.45, 2.75) is 19.3 Å². The number of phenolic OH excluding ortho intramolecular Hbond substituents is 1. The van der Waals surface area contributed by atoms with Crippen LogP contribution in [0.4, 0.5) is 4.39 Å². The third-order valence-electron chi connectivity index (χ3n) is 2.37. The molecule has 1 nitrogen and oxygen atoms in total. The maximum Gasteiger partial charge on any atom is 0.172 e. The Kier molecular flexibility index (Phi) is 2.05. The van der Waals surface area contributed by atoms with Crippen LogP contribution in [0.2, 0.25) is 0 Å². The van der Waals surface area contributed by atoms with Crippen LogP contribution in [0.3, 0.4) is 0 Å². The highest BCUT2D eigenvalue weighted by molar-refractivity contribution is 5.68. The van der Waals surface area contributed by atoms with Gasteiger partial charge >= 0.3 is 0 Å². The molecule has 0 radical (unpaired) electrons. The third kappa shape index (κ3) is 1.44. The first kappa shape index (κ1) is 8.30. The minimum atomic E-state index is -0.490. The highest BCUT2D eigenvalue weighted by Gasteiger charge is 2.13. The lowest BCUT2D eigenvalue weighted by Gasteiger charge is -2.04. The smallest absolute Gasteiger partial charge is 0.172 e. The minimum Gasteiger partial charge on any atom is -0.505 e. The van der Waals surface area contributed by atoms with Crippen LogP contribution in [-0.2, 0) is 0 Å². The van der Waals surface area contributed by atoms with E-state index in [1.54, 1.807) is 12.1 Å². The molecule has 2 heteroatoms. The minimum absolute atomic E-state index is 0.259. The van der Waals surface area contributed by atoms with Crippen LogP contribution in [-0.4, -0.2) is 5.11 Å². The van der Waals surface area contributed by atoms with E-state index in [0.717, 1.165) is 24.8 Å². The molecule has 0 saturated heterocycles. The lowest BCUT2D eigenvalue weighted by molar-refractivity contribution is 0.431. The Morgan fingerprint density at radius 1 is 1.31 bits per heavy atom. The van der Waals surface area contributed by atoms with Gasteiger partial charge in [0.2, 0.25) is 0 Å². The van der Waals surface area contributed by atoms with Gasteiger partial charge in [-0.3, -0.25) is 0 Å². The Bertz CT molecular complexity index is 355. The van der Waals surface area contributed by atoms with Gasteiger partial charge in [0.15, 0.2) is 11.6 Å². The van der Waals surface area contributed by atoms with Crippen molar-refractivity contribution < 1.29 is 9.50 Å². The number of allylic oxidation sites excluding steroid dienone is 2. The molecule has 0 saturated carbocycles. The van der Waals surface area contributed by atoms with Gasteiger partial charge in [0.05, 0.1) is 0 Å². The zero-order valence-corrected chi connectivity index (χ0v) is 7.26. The quantitative estimate of drug-likeness (QED) is 0.700. The van der Waals surface area contributed by atoms with E-state index in [4.69, 9.17) is 5.11 Å². The molecular formula is C11H11FO. The number of benzene rings is 1. The number of aromatic hydroxyl groups is 1. The van der Waals surface area contributed by atoms with Crippen molar-refractivity contribution in [3.8, 4) is 5.75 Å². The fraction of sp³-hybridized carbons (Fsp3) is 0.273. The van der Waals surface area contributed by atoms with E-state index in [2.05, 4.69) is 0 Å². The Morgan fingerprint density at radius 3 is 2.85 bits per heavy atom. The predicted molar refractivity (Wildman–Crippen MR) is 49.9 cm³/mol. The first-order chi connectivity index (χ1) is 6.29. The Labute approximate surface area is 76.5 Å². The van der Waals surface area contributed by atoms with Crippen LogP contribution >= 0.6 is 0 Å². The fourth-order valence-electron chi connectivity index (χ4n) is 1.68. The third-order valence-corrected chi connectivity index (χ3v) is 2.37. The van der Waals surface area contributed by atoms with Crippen LogP contribution in [0.25, 0.3) is 5.57 Å². The van der Waals surface area contributed by atoms with Crippen LogP contribution in [0, 0.1) is 5.82 Å². The average molecular weight is 178 g/mol. The standard InChI is InChI=1S/C11H11FO/c12-11-9(6-3-7-10(11)13)8-4-1-2-5-8/h3-4,6-7,13H,1-2,5H2. The molecule has 1 aromatic rings. The van der Waals surface area contributed by atoms with Gasteiger partial charge in [0.25, 0.3) is 0 Å². The first-order valence-corrected chi connectivity index (χ1v) is 4.46. The molecule has 0 aromatic heterocycles. The zero-order valence-electron chi connectivity index (χ0n) is 7.26. The van der Waals surface area contributed by atoms with E-state index in [9.17, 15) is 4.39 Å². The van der Waals surface area contributed by atoms with Crippen LogP contribution in [0.1, 0.15) is 24.8 Å². The topological polar surface area (TPSA) is 20.2 Å². The molecule has 0 heterocycles. The largest absolute Gasteiger partial charge is 0.505 e. The van der Waals surface area contributed by atoms with E-state index in [1.807, 2.05) is 6.08 Å². The highest BCUT2D eigenvalue weighted by atomic mass is 19.1. The molecular weight excluding hydrogens is 167 g/mol. The molecule has 1 aliphatic carbocycles. The van der Waals surface area contributed by atoms with Gasteiger partial charge < -0.3 is 5.11 Å². The molecule has 0 spiro atoms. The van der Waals surface area contributed by atoms with Crippen molar-refractivity contribution in [3.05, 3.63) is 35.7 Å². The summed E-state index contributed by atoms with van der Waals surface area (Å²) in [5.74, 6) is -0.749. The second-order valence-electron chi connectivity index (χ2n) is 3.26. The maximum absolute atomic E-state index is 13.4. The molecule has 13 heavy (non-hydrogen) atoms. The molecule has 68 valence electrons. The molecule has 0 aliphatic heterocycles. The van der Waals surface area contributed by atoms with E-state index >= 15 is 0 Å². The van der Waals surface area contributed by atoms with Gasteiger partial charge in [0, 0.05) is 5.56 Å². The molecule has 0 bridgehead atoms. The van der Waals surface area contributed by atoms with E-state index in [1.165, 1.54) is 6.07 Å². The summed E-state index contributed by atoms with van der Waals surface area (Å²) in [6, 6.07) is 4.76. The van der Waals surface area contributed by atoms with Gasteiger partial charge in [-0.2, -0.15) is 0 Å². The molecule has 0 amide bonds. The molecule has 0 fully saturated rings. The zero-order chi connectivity index (χ0) is 9.26. The lowest BCUT2D eigenvalue weighted by Crippen LogP contribution is -1.87. The Hall–Kier alpha value is -1.31. The lowest BCUT2D eigenvalue weighted by atomic mass is 10.0. The highest BCUT2D eigenvalue weighted by Crippen LogP contribution is 2.31. The Balaban J connectivity index is 2.45. The number of hydrogen-bond acceptors (Lipinski definition) is 1. The van der Waals surface area contributed by atoms with Gasteiger partial charge in [0.1, 0.15) is 0 Å². The van der Waals surface area contributed by atoms with Crippen molar-refractivity contribution in [2.24, 2.45) is 0 Å². The van der Waals surface area contributed by atoms with Gasteiger partial charge in [-0.1, -0.05) is 18.2 Å². The van der Waals surface area contributed by atoms with Crippen molar-refractivity contribution in [1.82, 2.24) is 0 Å². The summed E-state index contributed by atoms with van der Waals surface area (Å²) < 4.78 is 13.4. The summed E-state index contributed by atoms with van der Waals surface area (Å²) in [5.41, 5.74) is 1.57. The van der Waals surface area contributed by atoms with Crippen molar-refractivity contribution in [3.63, 3.8) is 0 Å². The number of halogens is 1. The summed E-state index contributed by atoms with van der Waals surface area (Å²) >= 11 is 0. The second-order valence-corrected chi connectivity index (χ2v) is 3.26. The molecule has 1 aromatic carbocycles. The number of hydrogen-bond donors (Lipinski definition) is 1. The number of rotatable bonds is 1.